The molecule has 1 spiro atoms. The summed E-state index contributed by atoms with van der Waals surface area (Å²) in [7, 11) is 1.68. The van der Waals surface area contributed by atoms with Crippen LogP contribution in [0.15, 0.2) is 24.3 Å². The normalized spacial score (nSPS) is 28.3. The molecule has 0 bridgehead atoms. The standard InChI is InChI=1S/C17H22FNO3/c1-21-15-12-19(9-8-17(15)7-2-10-22-17)16(20)11-13-3-5-14(18)6-4-13/h3-6,15H,2,7-12H2,1H3/t15-,17-/m0/s1. The zero-order chi connectivity index (χ0) is 15.6. The van der Waals surface area contributed by atoms with E-state index in [1.165, 1.54) is 12.1 Å². The smallest absolute Gasteiger partial charge is 0.227 e. The number of carbonyl (C=O) groups excluding carboxylic acids is 1. The number of ether oxygens (including phenoxy) is 2. The number of methoxy groups -OCH3 is 1. The van der Waals surface area contributed by atoms with Crippen molar-refractivity contribution < 1.29 is 18.7 Å². The quantitative estimate of drug-likeness (QED) is 0.859. The highest BCUT2D eigenvalue weighted by Crippen LogP contribution is 2.37. The number of piperidine rings is 1. The molecule has 0 unspecified atom stereocenters. The number of carbonyl (C=O) groups is 1. The van der Waals surface area contributed by atoms with Crippen LogP contribution >= 0.6 is 0 Å². The number of likely N-dealkylation sites (tertiary alicyclic amines) is 1. The third-order valence-corrected chi connectivity index (χ3v) is 4.82. The largest absolute Gasteiger partial charge is 0.377 e. The van der Waals surface area contributed by atoms with Crippen molar-refractivity contribution in [2.75, 3.05) is 26.8 Å². The van der Waals surface area contributed by atoms with Gasteiger partial charge >= 0.3 is 0 Å². The Hall–Kier alpha value is -1.46. The van der Waals surface area contributed by atoms with E-state index >= 15 is 0 Å². The topological polar surface area (TPSA) is 38.8 Å². The minimum absolute atomic E-state index is 0.0569. The number of hydrogen-bond acceptors (Lipinski definition) is 3. The van der Waals surface area contributed by atoms with Crippen LogP contribution in [0.25, 0.3) is 0 Å². The lowest BCUT2D eigenvalue weighted by molar-refractivity contribution is -0.158. The van der Waals surface area contributed by atoms with Crippen LogP contribution in [0.2, 0.25) is 0 Å². The van der Waals surface area contributed by atoms with Gasteiger partial charge in [-0.05, 0) is 37.0 Å². The van der Waals surface area contributed by atoms with Gasteiger partial charge in [-0.3, -0.25) is 4.79 Å². The van der Waals surface area contributed by atoms with Crippen LogP contribution in [-0.2, 0) is 20.7 Å². The fraction of sp³-hybridized carbons (Fsp3) is 0.588. The number of halogens is 1. The molecule has 0 N–H and O–H groups in total. The molecule has 2 atom stereocenters. The van der Waals surface area contributed by atoms with Crippen molar-refractivity contribution in [2.45, 2.75) is 37.4 Å². The molecule has 1 amide bonds. The van der Waals surface area contributed by atoms with Crippen molar-refractivity contribution in [3.8, 4) is 0 Å². The summed E-state index contributed by atoms with van der Waals surface area (Å²) in [5.41, 5.74) is 0.624. The molecule has 1 aromatic rings. The fourth-order valence-corrected chi connectivity index (χ4v) is 3.52. The molecule has 0 saturated carbocycles. The molecule has 4 nitrogen and oxygen atoms in total. The first-order chi connectivity index (χ1) is 10.6. The molecular formula is C17H22FNO3. The zero-order valence-corrected chi connectivity index (χ0v) is 12.9. The number of rotatable bonds is 3. The molecule has 0 aliphatic carbocycles. The summed E-state index contributed by atoms with van der Waals surface area (Å²) < 4.78 is 24.5. The Morgan fingerprint density at radius 1 is 1.41 bits per heavy atom. The lowest BCUT2D eigenvalue weighted by Crippen LogP contribution is -2.57. The Morgan fingerprint density at radius 3 is 2.82 bits per heavy atom. The zero-order valence-electron chi connectivity index (χ0n) is 12.9. The molecule has 0 aromatic heterocycles. The lowest BCUT2D eigenvalue weighted by atomic mass is 9.85. The maximum absolute atomic E-state index is 12.9. The molecule has 120 valence electrons. The molecule has 5 heteroatoms. The van der Waals surface area contributed by atoms with Gasteiger partial charge in [-0.15, -0.1) is 0 Å². The first-order valence-electron chi connectivity index (χ1n) is 7.82. The van der Waals surface area contributed by atoms with Crippen molar-refractivity contribution in [1.29, 1.82) is 0 Å². The maximum Gasteiger partial charge on any atom is 0.227 e. The van der Waals surface area contributed by atoms with Crippen molar-refractivity contribution in [1.82, 2.24) is 4.90 Å². The molecule has 2 aliphatic heterocycles. The van der Waals surface area contributed by atoms with Crippen LogP contribution in [0.1, 0.15) is 24.8 Å². The van der Waals surface area contributed by atoms with Crippen molar-refractivity contribution in [2.24, 2.45) is 0 Å². The van der Waals surface area contributed by atoms with E-state index in [2.05, 4.69) is 0 Å². The summed E-state index contributed by atoms with van der Waals surface area (Å²) >= 11 is 0. The second-order valence-corrected chi connectivity index (χ2v) is 6.13. The van der Waals surface area contributed by atoms with Gasteiger partial charge < -0.3 is 14.4 Å². The number of amides is 1. The fourth-order valence-electron chi connectivity index (χ4n) is 3.52. The summed E-state index contributed by atoms with van der Waals surface area (Å²) in [4.78, 5) is 14.3. The Morgan fingerprint density at radius 2 is 2.18 bits per heavy atom. The van der Waals surface area contributed by atoms with E-state index < -0.39 is 0 Å². The van der Waals surface area contributed by atoms with Crippen molar-refractivity contribution in [3.63, 3.8) is 0 Å². The van der Waals surface area contributed by atoms with Crippen LogP contribution in [0.3, 0.4) is 0 Å². The molecule has 22 heavy (non-hydrogen) atoms. The minimum Gasteiger partial charge on any atom is -0.377 e. The van der Waals surface area contributed by atoms with Gasteiger partial charge in [-0.1, -0.05) is 12.1 Å². The Labute approximate surface area is 130 Å². The average Bonchev–Trinajstić information content (AvgIpc) is 2.99. The van der Waals surface area contributed by atoms with Crippen molar-refractivity contribution >= 4 is 5.91 Å². The van der Waals surface area contributed by atoms with E-state index in [4.69, 9.17) is 9.47 Å². The minimum atomic E-state index is -0.283. The van der Waals surface area contributed by atoms with Crippen LogP contribution in [0.4, 0.5) is 4.39 Å². The second-order valence-electron chi connectivity index (χ2n) is 6.13. The summed E-state index contributed by atoms with van der Waals surface area (Å²) in [6, 6.07) is 6.09. The van der Waals surface area contributed by atoms with E-state index in [-0.39, 0.29) is 23.4 Å². The van der Waals surface area contributed by atoms with Crippen LogP contribution in [-0.4, -0.2) is 49.3 Å². The van der Waals surface area contributed by atoms with Crippen molar-refractivity contribution in [3.05, 3.63) is 35.6 Å². The van der Waals surface area contributed by atoms with E-state index in [1.54, 1.807) is 19.2 Å². The van der Waals surface area contributed by atoms with Gasteiger partial charge in [0.05, 0.1) is 12.0 Å². The van der Waals surface area contributed by atoms with E-state index in [0.717, 1.165) is 31.4 Å². The Balaban J connectivity index is 1.63. The monoisotopic (exact) mass is 307 g/mol. The summed E-state index contributed by atoms with van der Waals surface area (Å²) in [6.07, 6.45) is 3.11. The highest BCUT2D eigenvalue weighted by atomic mass is 19.1. The predicted octanol–water partition coefficient (Wildman–Crippen LogP) is 2.16. The van der Waals surface area contributed by atoms with Crippen LogP contribution in [0.5, 0.6) is 0 Å². The second kappa shape index (κ2) is 6.34. The molecule has 2 fully saturated rings. The SMILES string of the molecule is CO[C@H]1CN(C(=O)Cc2ccc(F)cc2)CC[C@@]12CCCO2. The molecule has 2 aliphatic rings. The van der Waals surface area contributed by atoms with Crippen LogP contribution in [0, 0.1) is 5.82 Å². The molecule has 2 heterocycles. The maximum atomic E-state index is 12.9. The molecule has 3 rings (SSSR count). The third-order valence-electron chi connectivity index (χ3n) is 4.82. The van der Waals surface area contributed by atoms with Gasteiger partial charge in [0, 0.05) is 26.8 Å². The van der Waals surface area contributed by atoms with E-state index in [9.17, 15) is 9.18 Å². The third kappa shape index (κ3) is 3.01. The molecular weight excluding hydrogens is 285 g/mol. The predicted molar refractivity (Wildman–Crippen MR) is 80.0 cm³/mol. The summed E-state index contributed by atoms with van der Waals surface area (Å²) in [5.74, 6) is -0.226. The van der Waals surface area contributed by atoms with Crippen LogP contribution < -0.4 is 0 Å². The summed E-state index contributed by atoms with van der Waals surface area (Å²) in [6.45, 7) is 2.04. The Bertz CT molecular complexity index is 525. The van der Waals surface area contributed by atoms with Gasteiger partial charge in [0.15, 0.2) is 0 Å². The van der Waals surface area contributed by atoms with Gasteiger partial charge in [-0.2, -0.15) is 0 Å². The first-order valence-corrected chi connectivity index (χ1v) is 7.82. The Kier molecular flexibility index (Phi) is 4.45. The molecule has 1 aromatic carbocycles. The van der Waals surface area contributed by atoms with Gasteiger partial charge in [-0.25, -0.2) is 4.39 Å². The van der Waals surface area contributed by atoms with Gasteiger partial charge in [0.1, 0.15) is 11.9 Å². The first kappa shape index (κ1) is 15.4. The number of nitrogens with zero attached hydrogens (tertiary/aromatic N) is 1. The number of hydrogen-bond donors (Lipinski definition) is 0. The molecule has 0 radical (unpaired) electrons. The van der Waals surface area contributed by atoms with Gasteiger partial charge in [0.2, 0.25) is 5.91 Å². The average molecular weight is 307 g/mol. The summed E-state index contributed by atoms with van der Waals surface area (Å²) in [5, 5.41) is 0. The highest BCUT2D eigenvalue weighted by Gasteiger charge is 2.47. The molecule has 2 saturated heterocycles. The lowest BCUT2D eigenvalue weighted by Gasteiger charge is -2.44. The van der Waals surface area contributed by atoms with E-state index in [1.807, 2.05) is 4.90 Å². The number of benzene rings is 1. The van der Waals surface area contributed by atoms with E-state index in [0.29, 0.717) is 19.5 Å². The van der Waals surface area contributed by atoms with Gasteiger partial charge in [0.25, 0.3) is 0 Å². The highest BCUT2D eigenvalue weighted by molar-refractivity contribution is 5.79.